The minimum Gasteiger partial charge on any atom is -0.352 e. The number of aromatic nitrogens is 4. The van der Waals surface area contributed by atoms with Crippen molar-refractivity contribution in [3.05, 3.63) is 62.6 Å². The highest BCUT2D eigenvalue weighted by Gasteiger charge is 2.16. The number of nitrogens with zero attached hydrogens (tertiary/aromatic N) is 4. The number of rotatable bonds is 4. The first kappa shape index (κ1) is 16.7. The Hall–Kier alpha value is -3.16. The van der Waals surface area contributed by atoms with Gasteiger partial charge < -0.3 is 9.88 Å². The molecule has 0 spiro atoms. The maximum absolute atomic E-state index is 12.3. The zero-order valence-corrected chi connectivity index (χ0v) is 14.3. The van der Waals surface area contributed by atoms with Gasteiger partial charge in [0.1, 0.15) is 5.82 Å². The van der Waals surface area contributed by atoms with Crippen LogP contribution in [0.1, 0.15) is 16.2 Å². The molecule has 2 heterocycles. The Morgan fingerprint density at radius 1 is 1.04 bits per heavy atom. The third-order valence-corrected chi connectivity index (χ3v) is 4.24. The van der Waals surface area contributed by atoms with Crippen molar-refractivity contribution in [3.63, 3.8) is 0 Å². The molecule has 0 unspecified atom stereocenters. The molecule has 8 heteroatoms. The largest absolute Gasteiger partial charge is 0.352 e. The lowest BCUT2D eigenvalue weighted by atomic mass is 10.2. The summed E-state index contributed by atoms with van der Waals surface area (Å²) in [7, 11) is 4.75. The topological polar surface area (TPSA) is 90.9 Å². The van der Waals surface area contributed by atoms with Gasteiger partial charge in [0.2, 0.25) is 0 Å². The highest BCUT2D eigenvalue weighted by Crippen LogP contribution is 2.09. The zero-order chi connectivity index (χ0) is 18.1. The van der Waals surface area contributed by atoms with E-state index in [0.717, 1.165) is 4.57 Å². The van der Waals surface area contributed by atoms with Crippen LogP contribution in [-0.2, 0) is 27.6 Å². The van der Waals surface area contributed by atoms with Crippen LogP contribution in [0.3, 0.4) is 0 Å². The van der Waals surface area contributed by atoms with Crippen molar-refractivity contribution in [2.45, 2.75) is 6.42 Å². The maximum Gasteiger partial charge on any atom is 0.332 e. The van der Waals surface area contributed by atoms with Crippen LogP contribution >= 0.6 is 0 Å². The molecule has 25 heavy (non-hydrogen) atoms. The molecule has 0 fully saturated rings. The Labute approximate surface area is 143 Å². The molecule has 0 atom stereocenters. The van der Waals surface area contributed by atoms with Gasteiger partial charge in [-0.1, -0.05) is 18.2 Å². The number of hydrogen-bond donors (Lipinski definition) is 1. The van der Waals surface area contributed by atoms with Crippen LogP contribution in [0, 0.1) is 0 Å². The van der Waals surface area contributed by atoms with Crippen LogP contribution in [0.15, 0.2) is 39.9 Å². The fourth-order valence-electron chi connectivity index (χ4n) is 2.77. The minimum atomic E-state index is -0.417. The van der Waals surface area contributed by atoms with Crippen molar-refractivity contribution >= 4 is 17.1 Å². The molecule has 0 bridgehead atoms. The molecule has 0 saturated heterocycles. The molecule has 0 radical (unpaired) electrons. The molecular formula is C17H19N5O3. The van der Waals surface area contributed by atoms with E-state index in [1.54, 1.807) is 42.9 Å². The Bertz CT molecular complexity index is 1060. The lowest BCUT2D eigenvalue weighted by Gasteiger charge is -2.05. The third-order valence-electron chi connectivity index (χ3n) is 4.24. The summed E-state index contributed by atoms with van der Waals surface area (Å²) >= 11 is 0. The fourth-order valence-corrected chi connectivity index (χ4v) is 2.77. The number of benzene rings is 1. The number of hydrogen-bond acceptors (Lipinski definition) is 4. The number of carbonyl (C=O) groups is 1. The second-order valence-electron chi connectivity index (χ2n) is 5.84. The first-order valence-electron chi connectivity index (χ1n) is 7.86. The maximum atomic E-state index is 12.3. The monoisotopic (exact) mass is 341 g/mol. The van der Waals surface area contributed by atoms with Gasteiger partial charge >= 0.3 is 5.69 Å². The van der Waals surface area contributed by atoms with Gasteiger partial charge in [0.15, 0.2) is 11.2 Å². The van der Waals surface area contributed by atoms with Gasteiger partial charge in [0, 0.05) is 39.7 Å². The van der Waals surface area contributed by atoms with Gasteiger partial charge in [0.05, 0.1) is 0 Å². The third kappa shape index (κ3) is 2.86. The highest BCUT2D eigenvalue weighted by molar-refractivity contribution is 5.94. The van der Waals surface area contributed by atoms with Crippen LogP contribution in [0.5, 0.6) is 0 Å². The minimum absolute atomic E-state index is 0.164. The standard InChI is InChI=1S/C17H19N5O3/c1-20-12(9-10-18-15(23)11-7-5-4-6-8-11)19-14-13(20)16(24)22(3)17(25)21(14)2/h4-8H,9-10H2,1-3H3,(H,18,23). The summed E-state index contributed by atoms with van der Waals surface area (Å²) in [5, 5.41) is 2.83. The van der Waals surface area contributed by atoms with Gasteiger partial charge in [-0.3, -0.25) is 18.7 Å². The van der Waals surface area contributed by atoms with E-state index in [-0.39, 0.29) is 11.5 Å². The quantitative estimate of drug-likeness (QED) is 0.720. The van der Waals surface area contributed by atoms with Crippen LogP contribution in [0.2, 0.25) is 0 Å². The van der Waals surface area contributed by atoms with E-state index < -0.39 is 5.69 Å². The summed E-state index contributed by atoms with van der Waals surface area (Å²) in [5.74, 6) is 0.462. The summed E-state index contributed by atoms with van der Waals surface area (Å²) in [4.78, 5) is 40.8. The Balaban J connectivity index is 1.83. The molecule has 1 aromatic carbocycles. The molecule has 3 aromatic rings. The SMILES string of the molecule is Cn1c(=O)c2c(nc(CCNC(=O)c3ccccc3)n2C)n(C)c1=O. The van der Waals surface area contributed by atoms with E-state index in [2.05, 4.69) is 10.3 Å². The number of fused-ring (bicyclic) bond motifs is 1. The van der Waals surface area contributed by atoms with Gasteiger partial charge in [-0.05, 0) is 12.1 Å². The van der Waals surface area contributed by atoms with E-state index in [4.69, 9.17) is 0 Å². The molecule has 0 aliphatic rings. The van der Waals surface area contributed by atoms with Gasteiger partial charge in [0.25, 0.3) is 11.5 Å². The van der Waals surface area contributed by atoms with Crippen molar-refractivity contribution in [1.29, 1.82) is 0 Å². The predicted molar refractivity (Wildman–Crippen MR) is 93.7 cm³/mol. The fraction of sp³-hybridized carbons (Fsp3) is 0.294. The zero-order valence-electron chi connectivity index (χ0n) is 14.3. The second-order valence-corrected chi connectivity index (χ2v) is 5.84. The molecule has 2 aromatic heterocycles. The van der Waals surface area contributed by atoms with Crippen molar-refractivity contribution in [2.24, 2.45) is 21.1 Å². The lowest BCUT2D eigenvalue weighted by Crippen LogP contribution is -2.37. The van der Waals surface area contributed by atoms with Crippen LogP contribution < -0.4 is 16.6 Å². The number of amides is 1. The first-order valence-corrected chi connectivity index (χ1v) is 7.86. The summed E-state index contributed by atoms with van der Waals surface area (Å²) in [5.41, 5.74) is 0.505. The van der Waals surface area contributed by atoms with Crippen molar-refractivity contribution < 1.29 is 4.79 Å². The van der Waals surface area contributed by atoms with E-state index in [0.29, 0.717) is 35.5 Å². The Kier molecular flexibility index (Phi) is 4.26. The molecule has 1 amide bonds. The Morgan fingerprint density at radius 3 is 2.40 bits per heavy atom. The molecule has 130 valence electrons. The smallest absolute Gasteiger partial charge is 0.332 e. The van der Waals surface area contributed by atoms with Crippen LogP contribution in [0.25, 0.3) is 11.2 Å². The van der Waals surface area contributed by atoms with E-state index in [1.807, 2.05) is 6.07 Å². The van der Waals surface area contributed by atoms with E-state index in [1.165, 1.54) is 11.6 Å². The highest BCUT2D eigenvalue weighted by atomic mass is 16.2. The average molecular weight is 341 g/mol. The summed E-state index contributed by atoms with van der Waals surface area (Å²) in [6.45, 7) is 0.374. The van der Waals surface area contributed by atoms with Gasteiger partial charge in [-0.15, -0.1) is 0 Å². The molecule has 0 aliphatic carbocycles. The number of carbonyl (C=O) groups excluding carboxylic acids is 1. The van der Waals surface area contributed by atoms with Crippen molar-refractivity contribution in [2.75, 3.05) is 6.54 Å². The molecule has 0 saturated carbocycles. The second kappa shape index (κ2) is 6.39. The number of imidazole rings is 1. The number of aryl methyl sites for hydroxylation is 2. The predicted octanol–water partition coefficient (Wildman–Crippen LogP) is -0.0568. The van der Waals surface area contributed by atoms with E-state index in [9.17, 15) is 14.4 Å². The van der Waals surface area contributed by atoms with Crippen molar-refractivity contribution in [3.8, 4) is 0 Å². The lowest BCUT2D eigenvalue weighted by molar-refractivity contribution is 0.0954. The van der Waals surface area contributed by atoms with Crippen LogP contribution in [-0.4, -0.2) is 31.1 Å². The van der Waals surface area contributed by atoms with Crippen molar-refractivity contribution in [1.82, 2.24) is 24.0 Å². The number of nitrogens with one attached hydrogen (secondary N) is 1. The molecule has 0 aliphatic heterocycles. The normalized spacial score (nSPS) is 11.0. The summed E-state index contributed by atoms with van der Waals surface area (Å²) in [6, 6.07) is 8.93. The summed E-state index contributed by atoms with van der Waals surface area (Å²) < 4.78 is 4.08. The van der Waals surface area contributed by atoms with Crippen LogP contribution in [0.4, 0.5) is 0 Å². The molecule has 1 N–H and O–H groups in total. The Morgan fingerprint density at radius 2 is 1.72 bits per heavy atom. The molecular weight excluding hydrogens is 322 g/mol. The van der Waals surface area contributed by atoms with Gasteiger partial charge in [-0.25, -0.2) is 9.78 Å². The molecule has 8 nitrogen and oxygen atoms in total. The average Bonchev–Trinajstić information content (AvgIpc) is 2.95. The van der Waals surface area contributed by atoms with Gasteiger partial charge in [-0.2, -0.15) is 0 Å². The first-order chi connectivity index (χ1) is 11.9. The summed E-state index contributed by atoms with van der Waals surface area (Å²) in [6.07, 6.45) is 0.446. The molecule has 3 rings (SSSR count). The van der Waals surface area contributed by atoms with E-state index >= 15 is 0 Å².